The van der Waals surface area contributed by atoms with Crippen molar-refractivity contribution in [1.29, 1.82) is 0 Å². The highest BCUT2D eigenvalue weighted by molar-refractivity contribution is 5.74. The van der Waals surface area contributed by atoms with Gasteiger partial charge in [0.25, 0.3) is 0 Å². The van der Waals surface area contributed by atoms with E-state index >= 15 is 0 Å². The van der Waals surface area contributed by atoms with Crippen LogP contribution in [0.1, 0.15) is 50.1 Å². The Labute approximate surface area is 150 Å². The van der Waals surface area contributed by atoms with E-state index in [0.29, 0.717) is 0 Å². The van der Waals surface area contributed by atoms with E-state index in [4.69, 9.17) is 0 Å². The molecule has 5 nitrogen and oxygen atoms in total. The van der Waals surface area contributed by atoms with Crippen LogP contribution in [0.25, 0.3) is 0 Å². The van der Waals surface area contributed by atoms with E-state index in [9.17, 15) is 9.90 Å². The van der Waals surface area contributed by atoms with Gasteiger partial charge in [-0.05, 0) is 37.2 Å². The normalized spacial score (nSPS) is 21.2. The molecule has 138 valence electrons. The van der Waals surface area contributed by atoms with Crippen LogP contribution < -0.4 is 10.6 Å². The molecule has 3 rings (SSSR count). The monoisotopic (exact) mass is 345 g/mol. The van der Waals surface area contributed by atoms with E-state index < -0.39 is 0 Å². The van der Waals surface area contributed by atoms with Crippen molar-refractivity contribution < 1.29 is 9.90 Å². The number of benzene rings is 1. The second-order valence-electron chi connectivity index (χ2n) is 7.49. The van der Waals surface area contributed by atoms with Crippen LogP contribution in [0.15, 0.2) is 30.3 Å². The van der Waals surface area contributed by atoms with Crippen molar-refractivity contribution in [3.8, 4) is 0 Å². The Morgan fingerprint density at radius 3 is 2.44 bits per heavy atom. The van der Waals surface area contributed by atoms with Gasteiger partial charge in [0.05, 0.1) is 12.6 Å². The van der Waals surface area contributed by atoms with Crippen molar-refractivity contribution >= 4 is 6.03 Å². The van der Waals surface area contributed by atoms with Crippen molar-refractivity contribution in [3.63, 3.8) is 0 Å². The zero-order valence-electron chi connectivity index (χ0n) is 15.0. The molecule has 1 unspecified atom stereocenters. The third kappa shape index (κ3) is 5.44. The van der Waals surface area contributed by atoms with E-state index in [1.807, 2.05) is 30.3 Å². The number of urea groups is 1. The summed E-state index contributed by atoms with van der Waals surface area (Å²) in [7, 11) is 0. The van der Waals surface area contributed by atoms with E-state index in [1.54, 1.807) is 0 Å². The highest BCUT2D eigenvalue weighted by Gasteiger charge is 2.24. The predicted molar refractivity (Wildman–Crippen MR) is 99.4 cm³/mol. The molecular formula is C20H31N3O2. The average Bonchev–Trinajstić information content (AvgIpc) is 3.15. The van der Waals surface area contributed by atoms with E-state index in [1.165, 1.54) is 32.2 Å². The Hall–Kier alpha value is -1.59. The molecule has 0 spiro atoms. The summed E-state index contributed by atoms with van der Waals surface area (Å²) in [6, 6.07) is 9.29. The lowest BCUT2D eigenvalue weighted by atomic mass is 10.0. The molecule has 0 aromatic heterocycles. The molecule has 1 saturated heterocycles. The summed E-state index contributed by atoms with van der Waals surface area (Å²) in [5.41, 5.74) is 0.923. The fourth-order valence-corrected chi connectivity index (χ4v) is 4.12. The lowest BCUT2D eigenvalue weighted by molar-refractivity contribution is 0.169. The number of nitrogens with zero attached hydrogens (tertiary/aromatic N) is 1. The van der Waals surface area contributed by atoms with Crippen molar-refractivity contribution in [1.82, 2.24) is 15.5 Å². The Morgan fingerprint density at radius 1 is 1.12 bits per heavy atom. The molecule has 2 amide bonds. The van der Waals surface area contributed by atoms with Gasteiger partial charge in [-0.3, -0.25) is 0 Å². The summed E-state index contributed by atoms with van der Waals surface area (Å²) in [5, 5.41) is 15.5. The summed E-state index contributed by atoms with van der Waals surface area (Å²) in [5.74, 6) is 0.893. The van der Waals surface area contributed by atoms with Crippen molar-refractivity contribution in [3.05, 3.63) is 35.9 Å². The molecule has 1 atom stereocenters. The third-order valence-electron chi connectivity index (χ3n) is 5.60. The average molecular weight is 345 g/mol. The molecule has 1 aromatic carbocycles. The molecular weight excluding hydrogens is 314 g/mol. The van der Waals surface area contributed by atoms with Crippen LogP contribution in [0, 0.1) is 5.92 Å². The molecule has 1 heterocycles. The number of carbonyl (C=O) groups excluding carboxylic acids is 1. The molecule has 5 heteroatoms. The minimum atomic E-state index is -0.358. The minimum absolute atomic E-state index is 0.0999. The molecule has 2 fully saturated rings. The predicted octanol–water partition coefficient (Wildman–Crippen LogP) is 2.67. The summed E-state index contributed by atoms with van der Waals surface area (Å²) in [6.45, 7) is 3.28. The van der Waals surface area contributed by atoms with Crippen LogP contribution >= 0.6 is 0 Å². The Balaban J connectivity index is 1.39. The van der Waals surface area contributed by atoms with Crippen LogP contribution in [0.3, 0.4) is 0 Å². The molecule has 0 radical (unpaired) electrons. The zero-order valence-corrected chi connectivity index (χ0v) is 15.0. The van der Waals surface area contributed by atoms with Crippen molar-refractivity contribution in [2.45, 2.75) is 50.6 Å². The first-order valence-electron chi connectivity index (χ1n) is 9.70. The fraction of sp³-hybridized carbons (Fsp3) is 0.650. The van der Waals surface area contributed by atoms with Gasteiger partial charge in [-0.25, -0.2) is 4.79 Å². The zero-order chi connectivity index (χ0) is 17.5. The van der Waals surface area contributed by atoms with Crippen LogP contribution in [-0.2, 0) is 0 Å². The second-order valence-corrected chi connectivity index (χ2v) is 7.49. The highest BCUT2D eigenvalue weighted by atomic mass is 16.3. The maximum absolute atomic E-state index is 12.3. The lowest BCUT2D eigenvalue weighted by Crippen LogP contribution is -2.49. The van der Waals surface area contributed by atoms with Gasteiger partial charge < -0.3 is 20.6 Å². The summed E-state index contributed by atoms with van der Waals surface area (Å²) in [6.07, 6.45) is 7.60. The molecule has 0 bridgehead atoms. The van der Waals surface area contributed by atoms with Gasteiger partial charge >= 0.3 is 6.03 Å². The van der Waals surface area contributed by atoms with Gasteiger partial charge in [0, 0.05) is 25.7 Å². The Kier molecular flexibility index (Phi) is 6.70. The number of rotatable bonds is 6. The number of nitrogens with one attached hydrogen (secondary N) is 2. The van der Waals surface area contributed by atoms with Gasteiger partial charge in [0.2, 0.25) is 0 Å². The summed E-state index contributed by atoms with van der Waals surface area (Å²) in [4.78, 5) is 14.8. The molecule has 3 N–H and O–H groups in total. The number of amides is 2. The molecule has 25 heavy (non-hydrogen) atoms. The summed E-state index contributed by atoms with van der Waals surface area (Å²) >= 11 is 0. The number of aliphatic hydroxyl groups excluding tert-OH is 1. The lowest BCUT2D eigenvalue weighted by Gasteiger charge is -2.34. The van der Waals surface area contributed by atoms with E-state index in [2.05, 4.69) is 15.5 Å². The number of likely N-dealkylation sites (tertiary alicyclic amines) is 1. The standard InChI is InChI=1S/C20H31N3O2/c24-15-19(17-8-2-1-3-9-17)22-20(25)21-18-10-12-23(13-11-18)14-16-6-4-5-7-16/h1-3,8-9,16,18-19,24H,4-7,10-15H2,(H2,21,22,25). The SMILES string of the molecule is O=C(NC1CCN(CC2CCCC2)CC1)NC(CO)c1ccccc1. The summed E-state index contributed by atoms with van der Waals surface area (Å²) < 4.78 is 0. The fourth-order valence-electron chi connectivity index (χ4n) is 4.12. The third-order valence-corrected chi connectivity index (χ3v) is 5.60. The topological polar surface area (TPSA) is 64.6 Å². The highest BCUT2D eigenvalue weighted by Crippen LogP contribution is 2.26. The number of hydrogen-bond donors (Lipinski definition) is 3. The number of piperidine rings is 1. The smallest absolute Gasteiger partial charge is 0.315 e. The number of aliphatic hydroxyl groups is 1. The van der Waals surface area contributed by atoms with Crippen molar-refractivity contribution in [2.24, 2.45) is 5.92 Å². The quantitative estimate of drug-likeness (QED) is 0.743. The van der Waals surface area contributed by atoms with Gasteiger partial charge in [0.1, 0.15) is 0 Å². The molecule has 1 saturated carbocycles. The Bertz CT molecular complexity index is 523. The van der Waals surface area contributed by atoms with Gasteiger partial charge in [-0.1, -0.05) is 43.2 Å². The van der Waals surface area contributed by atoms with E-state index in [0.717, 1.165) is 37.4 Å². The maximum Gasteiger partial charge on any atom is 0.315 e. The minimum Gasteiger partial charge on any atom is -0.394 e. The van der Waals surface area contributed by atoms with Crippen molar-refractivity contribution in [2.75, 3.05) is 26.2 Å². The van der Waals surface area contributed by atoms with Crippen LogP contribution in [0.4, 0.5) is 4.79 Å². The van der Waals surface area contributed by atoms with E-state index in [-0.39, 0.29) is 24.7 Å². The molecule has 1 aromatic rings. The van der Waals surface area contributed by atoms with Crippen LogP contribution in [0.5, 0.6) is 0 Å². The van der Waals surface area contributed by atoms with Gasteiger partial charge in [0.15, 0.2) is 0 Å². The Morgan fingerprint density at radius 2 is 1.80 bits per heavy atom. The van der Waals surface area contributed by atoms with Crippen LogP contribution in [-0.4, -0.2) is 48.3 Å². The molecule has 2 aliphatic rings. The molecule has 1 aliphatic heterocycles. The number of carbonyl (C=O) groups is 1. The van der Waals surface area contributed by atoms with Gasteiger partial charge in [-0.2, -0.15) is 0 Å². The molecule has 1 aliphatic carbocycles. The largest absolute Gasteiger partial charge is 0.394 e. The first kappa shape index (κ1) is 18.2. The first-order chi connectivity index (χ1) is 12.2. The number of hydrogen-bond acceptors (Lipinski definition) is 3. The maximum atomic E-state index is 12.3. The first-order valence-corrected chi connectivity index (χ1v) is 9.70. The second kappa shape index (κ2) is 9.20. The van der Waals surface area contributed by atoms with Gasteiger partial charge in [-0.15, -0.1) is 0 Å². The van der Waals surface area contributed by atoms with Crippen LogP contribution in [0.2, 0.25) is 0 Å².